The summed E-state index contributed by atoms with van der Waals surface area (Å²) in [6.07, 6.45) is 2.31. The SMILES string of the molecule is O=C(Nc1ccc(F)cc1F)c1ccc(NCCc2cccc(Cl)c2)cn1. The number of halogens is 3. The fourth-order valence-electron chi connectivity index (χ4n) is 2.45. The maximum absolute atomic E-state index is 13.6. The highest BCUT2D eigenvalue weighted by atomic mass is 35.5. The number of rotatable bonds is 6. The largest absolute Gasteiger partial charge is 0.383 e. The lowest BCUT2D eigenvalue weighted by molar-refractivity contribution is 0.102. The monoisotopic (exact) mass is 387 g/mol. The number of nitrogens with zero attached hydrogens (tertiary/aromatic N) is 1. The number of hydrogen-bond donors (Lipinski definition) is 2. The number of benzene rings is 2. The molecule has 0 atom stereocenters. The van der Waals surface area contributed by atoms with E-state index in [-0.39, 0.29) is 11.4 Å². The van der Waals surface area contributed by atoms with Gasteiger partial charge in [0, 0.05) is 17.6 Å². The smallest absolute Gasteiger partial charge is 0.274 e. The molecule has 27 heavy (non-hydrogen) atoms. The molecular formula is C20H16ClF2N3O. The summed E-state index contributed by atoms with van der Waals surface area (Å²) in [5.41, 5.74) is 1.88. The van der Waals surface area contributed by atoms with Gasteiger partial charge in [-0.1, -0.05) is 23.7 Å². The van der Waals surface area contributed by atoms with Crippen molar-refractivity contribution in [3.05, 3.63) is 88.7 Å². The highest BCUT2D eigenvalue weighted by molar-refractivity contribution is 6.30. The van der Waals surface area contributed by atoms with Crippen LogP contribution in [0.5, 0.6) is 0 Å². The number of anilines is 2. The van der Waals surface area contributed by atoms with Crippen molar-refractivity contribution in [3.8, 4) is 0 Å². The van der Waals surface area contributed by atoms with Crippen molar-refractivity contribution in [2.45, 2.75) is 6.42 Å². The highest BCUT2D eigenvalue weighted by Gasteiger charge is 2.11. The number of aromatic nitrogens is 1. The van der Waals surface area contributed by atoms with Crippen LogP contribution in [0.15, 0.2) is 60.8 Å². The molecule has 138 valence electrons. The molecule has 3 aromatic rings. The van der Waals surface area contributed by atoms with Crippen LogP contribution in [0.4, 0.5) is 20.2 Å². The number of amides is 1. The second-order valence-corrected chi connectivity index (χ2v) is 6.25. The number of carbonyl (C=O) groups excluding carboxylic acids is 1. The standard InChI is InChI=1S/C20H16ClF2N3O/c21-14-3-1-2-13(10-14)8-9-24-16-5-7-19(25-12-16)20(27)26-18-6-4-15(22)11-17(18)23/h1-7,10-12,24H,8-9H2,(H,26,27). The molecule has 0 aliphatic carbocycles. The Kier molecular flexibility index (Phi) is 5.98. The third-order valence-corrected chi connectivity index (χ3v) is 4.04. The minimum Gasteiger partial charge on any atom is -0.383 e. The summed E-state index contributed by atoms with van der Waals surface area (Å²) in [5.74, 6) is -2.13. The summed E-state index contributed by atoms with van der Waals surface area (Å²) in [5, 5.41) is 6.27. The van der Waals surface area contributed by atoms with E-state index in [0.717, 1.165) is 29.8 Å². The van der Waals surface area contributed by atoms with E-state index >= 15 is 0 Å². The lowest BCUT2D eigenvalue weighted by Gasteiger charge is -2.08. The first-order chi connectivity index (χ1) is 13.0. The number of carbonyl (C=O) groups is 1. The van der Waals surface area contributed by atoms with Crippen LogP contribution in [0.25, 0.3) is 0 Å². The maximum atomic E-state index is 13.6. The Labute approximate surface area is 160 Å². The quantitative estimate of drug-likeness (QED) is 0.631. The average Bonchev–Trinajstić information content (AvgIpc) is 2.64. The number of nitrogens with one attached hydrogen (secondary N) is 2. The Bertz CT molecular complexity index is 948. The van der Waals surface area contributed by atoms with Gasteiger partial charge in [0.25, 0.3) is 5.91 Å². The molecule has 4 nitrogen and oxygen atoms in total. The molecule has 1 aromatic heterocycles. The van der Waals surface area contributed by atoms with Gasteiger partial charge in [-0.2, -0.15) is 0 Å². The zero-order valence-corrected chi connectivity index (χ0v) is 14.9. The Balaban J connectivity index is 1.55. The van der Waals surface area contributed by atoms with Gasteiger partial charge in [-0.25, -0.2) is 13.8 Å². The third kappa shape index (κ3) is 5.24. The Morgan fingerprint density at radius 3 is 2.63 bits per heavy atom. The van der Waals surface area contributed by atoms with E-state index in [4.69, 9.17) is 11.6 Å². The van der Waals surface area contributed by atoms with Crippen molar-refractivity contribution in [1.29, 1.82) is 0 Å². The molecule has 0 bridgehead atoms. The summed E-state index contributed by atoms with van der Waals surface area (Å²) in [7, 11) is 0. The van der Waals surface area contributed by atoms with E-state index in [0.29, 0.717) is 17.6 Å². The van der Waals surface area contributed by atoms with Crippen molar-refractivity contribution in [1.82, 2.24) is 4.98 Å². The van der Waals surface area contributed by atoms with E-state index in [1.807, 2.05) is 24.3 Å². The lowest BCUT2D eigenvalue weighted by Crippen LogP contribution is -2.15. The Hall–Kier alpha value is -2.99. The summed E-state index contributed by atoms with van der Waals surface area (Å²) < 4.78 is 26.5. The zero-order valence-electron chi connectivity index (χ0n) is 14.2. The molecule has 0 saturated heterocycles. The average molecular weight is 388 g/mol. The lowest BCUT2D eigenvalue weighted by atomic mass is 10.1. The van der Waals surface area contributed by atoms with Crippen LogP contribution >= 0.6 is 11.6 Å². The van der Waals surface area contributed by atoms with Gasteiger partial charge in [-0.15, -0.1) is 0 Å². The third-order valence-electron chi connectivity index (χ3n) is 3.81. The van der Waals surface area contributed by atoms with E-state index in [9.17, 15) is 13.6 Å². The molecule has 0 aliphatic heterocycles. The van der Waals surface area contributed by atoms with Crippen LogP contribution in [0.2, 0.25) is 5.02 Å². The van der Waals surface area contributed by atoms with Gasteiger partial charge in [0.15, 0.2) is 0 Å². The molecule has 2 N–H and O–H groups in total. The summed E-state index contributed by atoms with van der Waals surface area (Å²) >= 11 is 5.95. The van der Waals surface area contributed by atoms with Gasteiger partial charge in [0.05, 0.1) is 17.6 Å². The van der Waals surface area contributed by atoms with Crippen LogP contribution in [0.1, 0.15) is 16.1 Å². The molecule has 0 spiro atoms. The maximum Gasteiger partial charge on any atom is 0.274 e. The molecule has 1 amide bonds. The first-order valence-corrected chi connectivity index (χ1v) is 8.60. The molecule has 7 heteroatoms. The van der Waals surface area contributed by atoms with Crippen LogP contribution in [0.3, 0.4) is 0 Å². The minimum atomic E-state index is -0.845. The normalized spacial score (nSPS) is 10.5. The molecule has 0 aliphatic rings. The predicted octanol–water partition coefficient (Wildman–Crippen LogP) is 4.92. The predicted molar refractivity (Wildman–Crippen MR) is 102 cm³/mol. The van der Waals surface area contributed by atoms with E-state index in [1.165, 1.54) is 12.3 Å². The fourth-order valence-corrected chi connectivity index (χ4v) is 2.67. The molecule has 2 aromatic carbocycles. The molecule has 0 saturated carbocycles. The summed E-state index contributed by atoms with van der Waals surface area (Å²) in [4.78, 5) is 16.2. The highest BCUT2D eigenvalue weighted by Crippen LogP contribution is 2.16. The van der Waals surface area contributed by atoms with E-state index in [2.05, 4.69) is 15.6 Å². The Morgan fingerprint density at radius 2 is 1.93 bits per heavy atom. The van der Waals surface area contributed by atoms with E-state index < -0.39 is 17.5 Å². The fraction of sp³-hybridized carbons (Fsp3) is 0.100. The van der Waals surface area contributed by atoms with Gasteiger partial charge in [-0.05, 0) is 48.4 Å². The molecule has 0 unspecified atom stereocenters. The molecular weight excluding hydrogens is 372 g/mol. The second kappa shape index (κ2) is 8.60. The van der Waals surface area contributed by atoms with Crippen molar-refractivity contribution in [3.63, 3.8) is 0 Å². The molecule has 3 rings (SSSR count). The van der Waals surface area contributed by atoms with Crippen molar-refractivity contribution in [2.24, 2.45) is 0 Å². The van der Waals surface area contributed by atoms with Crippen molar-refractivity contribution in [2.75, 3.05) is 17.2 Å². The topological polar surface area (TPSA) is 54.0 Å². The zero-order chi connectivity index (χ0) is 19.2. The summed E-state index contributed by atoms with van der Waals surface area (Å²) in [6.45, 7) is 0.675. The van der Waals surface area contributed by atoms with Crippen LogP contribution < -0.4 is 10.6 Å². The minimum absolute atomic E-state index is 0.105. The van der Waals surface area contributed by atoms with Gasteiger partial charge >= 0.3 is 0 Å². The van der Waals surface area contributed by atoms with Crippen LogP contribution in [-0.4, -0.2) is 17.4 Å². The number of pyridine rings is 1. The molecule has 0 radical (unpaired) electrons. The van der Waals surface area contributed by atoms with Crippen LogP contribution in [-0.2, 0) is 6.42 Å². The van der Waals surface area contributed by atoms with Gasteiger partial charge in [-0.3, -0.25) is 4.79 Å². The molecule has 1 heterocycles. The summed E-state index contributed by atoms with van der Waals surface area (Å²) in [6, 6.07) is 13.8. The van der Waals surface area contributed by atoms with Gasteiger partial charge < -0.3 is 10.6 Å². The first-order valence-electron chi connectivity index (χ1n) is 8.22. The van der Waals surface area contributed by atoms with Crippen molar-refractivity contribution < 1.29 is 13.6 Å². The van der Waals surface area contributed by atoms with Crippen molar-refractivity contribution >= 4 is 28.9 Å². The Morgan fingerprint density at radius 1 is 1.07 bits per heavy atom. The van der Waals surface area contributed by atoms with Gasteiger partial charge in [0.2, 0.25) is 0 Å². The number of hydrogen-bond acceptors (Lipinski definition) is 3. The second-order valence-electron chi connectivity index (χ2n) is 5.82. The molecule has 0 fully saturated rings. The van der Waals surface area contributed by atoms with E-state index in [1.54, 1.807) is 6.07 Å². The van der Waals surface area contributed by atoms with Gasteiger partial charge in [0.1, 0.15) is 17.3 Å². The first kappa shape index (κ1) is 18.8. The van der Waals surface area contributed by atoms with Crippen LogP contribution in [0, 0.1) is 11.6 Å².